The molecule has 0 saturated carbocycles. The molecule has 3 aromatic carbocycles. The quantitative estimate of drug-likeness (QED) is 0.548. The van der Waals surface area contributed by atoms with Crippen molar-refractivity contribution in [2.45, 2.75) is 25.9 Å². The lowest BCUT2D eigenvalue weighted by Crippen LogP contribution is -2.02. The van der Waals surface area contributed by atoms with Crippen molar-refractivity contribution < 1.29 is 0 Å². The highest BCUT2D eigenvalue weighted by Crippen LogP contribution is 2.25. The van der Waals surface area contributed by atoms with Crippen LogP contribution in [-0.2, 0) is 19.5 Å². The third kappa shape index (κ3) is 3.39. The van der Waals surface area contributed by atoms with Gasteiger partial charge in [0.05, 0.1) is 11.0 Å². The molecule has 0 fully saturated rings. The van der Waals surface area contributed by atoms with Crippen LogP contribution in [0.5, 0.6) is 0 Å². The maximum Gasteiger partial charge on any atom is 0.141 e. The standard InChI is InChI=1S/C23H23N3/c24-17-19-12-14-20(15-13-19)23-25-21-10-4-5-11-22(21)26(23)16-6-9-18-7-2-1-3-8-18/h1-5,7-8,10-15H,6,9,16-17,24H2. The second-order valence-electron chi connectivity index (χ2n) is 6.57. The predicted molar refractivity (Wildman–Crippen MR) is 108 cm³/mol. The zero-order valence-electron chi connectivity index (χ0n) is 14.8. The van der Waals surface area contributed by atoms with Crippen LogP contribution in [0.3, 0.4) is 0 Å². The summed E-state index contributed by atoms with van der Waals surface area (Å²) in [7, 11) is 0. The number of hydrogen-bond acceptors (Lipinski definition) is 2. The minimum atomic E-state index is 0.563. The molecule has 130 valence electrons. The molecular formula is C23H23N3. The molecular weight excluding hydrogens is 318 g/mol. The van der Waals surface area contributed by atoms with Gasteiger partial charge in [-0.25, -0.2) is 4.98 Å². The Kier molecular flexibility index (Phi) is 4.80. The van der Waals surface area contributed by atoms with E-state index < -0.39 is 0 Å². The third-order valence-corrected chi connectivity index (χ3v) is 4.79. The molecule has 0 saturated heterocycles. The van der Waals surface area contributed by atoms with Gasteiger partial charge in [0, 0.05) is 18.7 Å². The van der Waals surface area contributed by atoms with Gasteiger partial charge in [0.1, 0.15) is 5.82 Å². The first kappa shape index (κ1) is 16.6. The Morgan fingerprint density at radius 1 is 0.769 bits per heavy atom. The van der Waals surface area contributed by atoms with Gasteiger partial charge in [0.25, 0.3) is 0 Å². The Morgan fingerprint density at radius 2 is 1.50 bits per heavy atom. The molecule has 0 radical (unpaired) electrons. The smallest absolute Gasteiger partial charge is 0.141 e. The van der Waals surface area contributed by atoms with E-state index in [0.717, 1.165) is 41.9 Å². The summed E-state index contributed by atoms with van der Waals surface area (Å²) in [5, 5.41) is 0. The molecule has 4 rings (SSSR count). The van der Waals surface area contributed by atoms with Crippen molar-refractivity contribution in [2.75, 3.05) is 0 Å². The van der Waals surface area contributed by atoms with Crippen LogP contribution >= 0.6 is 0 Å². The van der Waals surface area contributed by atoms with Gasteiger partial charge >= 0.3 is 0 Å². The van der Waals surface area contributed by atoms with E-state index >= 15 is 0 Å². The van der Waals surface area contributed by atoms with Crippen LogP contribution in [-0.4, -0.2) is 9.55 Å². The van der Waals surface area contributed by atoms with E-state index in [2.05, 4.69) is 77.4 Å². The summed E-state index contributed by atoms with van der Waals surface area (Å²) in [6.45, 7) is 1.51. The second kappa shape index (κ2) is 7.54. The van der Waals surface area contributed by atoms with Gasteiger partial charge in [-0.2, -0.15) is 0 Å². The molecule has 0 bridgehead atoms. The number of para-hydroxylation sites is 2. The highest BCUT2D eigenvalue weighted by molar-refractivity contribution is 5.80. The molecule has 1 aromatic heterocycles. The summed E-state index contributed by atoms with van der Waals surface area (Å²) < 4.78 is 2.34. The molecule has 26 heavy (non-hydrogen) atoms. The van der Waals surface area contributed by atoms with Crippen molar-refractivity contribution >= 4 is 11.0 Å². The van der Waals surface area contributed by atoms with E-state index in [4.69, 9.17) is 10.7 Å². The summed E-state index contributed by atoms with van der Waals surface area (Å²) in [4.78, 5) is 4.90. The minimum Gasteiger partial charge on any atom is -0.326 e. The lowest BCUT2D eigenvalue weighted by atomic mass is 10.1. The molecule has 0 amide bonds. The van der Waals surface area contributed by atoms with Gasteiger partial charge in [0.2, 0.25) is 0 Å². The van der Waals surface area contributed by atoms with Crippen LogP contribution in [0.25, 0.3) is 22.4 Å². The summed E-state index contributed by atoms with van der Waals surface area (Å²) in [5.74, 6) is 1.03. The third-order valence-electron chi connectivity index (χ3n) is 4.79. The van der Waals surface area contributed by atoms with Crippen molar-refractivity contribution in [3.8, 4) is 11.4 Å². The molecule has 0 unspecified atom stereocenters. The minimum absolute atomic E-state index is 0.563. The lowest BCUT2D eigenvalue weighted by Gasteiger charge is -2.10. The number of nitrogens with zero attached hydrogens (tertiary/aromatic N) is 2. The summed E-state index contributed by atoms with van der Waals surface area (Å²) >= 11 is 0. The van der Waals surface area contributed by atoms with Crippen molar-refractivity contribution in [3.63, 3.8) is 0 Å². The topological polar surface area (TPSA) is 43.8 Å². The number of hydrogen-bond donors (Lipinski definition) is 1. The van der Waals surface area contributed by atoms with Crippen LogP contribution in [0.15, 0.2) is 78.9 Å². The maximum absolute atomic E-state index is 5.73. The lowest BCUT2D eigenvalue weighted by molar-refractivity contribution is 0.663. The van der Waals surface area contributed by atoms with E-state index in [1.807, 2.05) is 6.07 Å². The van der Waals surface area contributed by atoms with Crippen molar-refractivity contribution in [2.24, 2.45) is 5.73 Å². The van der Waals surface area contributed by atoms with Gasteiger partial charge < -0.3 is 10.3 Å². The zero-order chi connectivity index (χ0) is 17.8. The van der Waals surface area contributed by atoms with Gasteiger partial charge in [-0.15, -0.1) is 0 Å². The Bertz CT molecular complexity index is 985. The maximum atomic E-state index is 5.73. The van der Waals surface area contributed by atoms with Gasteiger partial charge in [0.15, 0.2) is 0 Å². The summed E-state index contributed by atoms with van der Waals surface area (Å²) in [5.41, 5.74) is 11.6. The number of aromatic nitrogens is 2. The van der Waals surface area contributed by atoms with Crippen LogP contribution in [0, 0.1) is 0 Å². The van der Waals surface area contributed by atoms with E-state index in [1.54, 1.807) is 0 Å². The van der Waals surface area contributed by atoms with Gasteiger partial charge in [-0.3, -0.25) is 0 Å². The number of imidazole rings is 1. The van der Waals surface area contributed by atoms with Crippen LogP contribution in [0.1, 0.15) is 17.5 Å². The largest absolute Gasteiger partial charge is 0.326 e. The van der Waals surface area contributed by atoms with Crippen molar-refractivity contribution in [1.82, 2.24) is 9.55 Å². The monoisotopic (exact) mass is 341 g/mol. The first-order valence-electron chi connectivity index (χ1n) is 9.14. The molecule has 3 nitrogen and oxygen atoms in total. The van der Waals surface area contributed by atoms with Crippen LogP contribution < -0.4 is 5.73 Å². The molecule has 2 N–H and O–H groups in total. The average molecular weight is 341 g/mol. The fraction of sp³-hybridized carbons (Fsp3) is 0.174. The highest BCUT2D eigenvalue weighted by Gasteiger charge is 2.12. The van der Waals surface area contributed by atoms with Crippen LogP contribution in [0.4, 0.5) is 0 Å². The van der Waals surface area contributed by atoms with Gasteiger partial charge in [-0.05, 0) is 36.1 Å². The summed E-state index contributed by atoms with van der Waals surface area (Å²) in [6.07, 6.45) is 2.15. The molecule has 0 atom stereocenters. The fourth-order valence-electron chi connectivity index (χ4n) is 3.40. The zero-order valence-corrected chi connectivity index (χ0v) is 14.8. The highest BCUT2D eigenvalue weighted by atomic mass is 15.1. The number of fused-ring (bicyclic) bond motifs is 1. The molecule has 0 aliphatic heterocycles. The molecule has 3 heteroatoms. The first-order chi connectivity index (χ1) is 12.8. The normalized spacial score (nSPS) is 11.1. The Labute approximate surface area is 154 Å². The molecule has 1 heterocycles. The van der Waals surface area contributed by atoms with E-state index in [-0.39, 0.29) is 0 Å². The van der Waals surface area contributed by atoms with E-state index in [9.17, 15) is 0 Å². The van der Waals surface area contributed by atoms with Crippen molar-refractivity contribution in [3.05, 3.63) is 90.0 Å². The average Bonchev–Trinajstić information content (AvgIpc) is 3.08. The SMILES string of the molecule is NCc1ccc(-c2nc3ccccc3n2CCCc2ccccc2)cc1. The Morgan fingerprint density at radius 3 is 2.27 bits per heavy atom. The van der Waals surface area contributed by atoms with E-state index in [1.165, 1.54) is 11.1 Å². The van der Waals surface area contributed by atoms with Crippen LogP contribution in [0.2, 0.25) is 0 Å². The number of nitrogens with two attached hydrogens (primary N) is 1. The number of benzene rings is 3. The molecule has 4 aromatic rings. The van der Waals surface area contributed by atoms with Gasteiger partial charge in [-0.1, -0.05) is 66.7 Å². The second-order valence-corrected chi connectivity index (χ2v) is 6.57. The fourth-order valence-corrected chi connectivity index (χ4v) is 3.40. The number of rotatable bonds is 6. The van der Waals surface area contributed by atoms with E-state index in [0.29, 0.717) is 6.54 Å². The Hall–Kier alpha value is -2.91. The molecule has 0 aliphatic rings. The molecule has 0 spiro atoms. The van der Waals surface area contributed by atoms with Crippen molar-refractivity contribution in [1.29, 1.82) is 0 Å². The first-order valence-corrected chi connectivity index (χ1v) is 9.14. The summed E-state index contributed by atoms with van der Waals surface area (Å²) in [6, 6.07) is 27.4. The number of aryl methyl sites for hydroxylation is 2. The predicted octanol–water partition coefficient (Wildman–Crippen LogP) is 4.79. The Balaban J connectivity index is 1.65. The molecule has 0 aliphatic carbocycles.